The molecule has 5 heteroatoms. The summed E-state index contributed by atoms with van der Waals surface area (Å²) in [5, 5.41) is 8.44. The summed E-state index contributed by atoms with van der Waals surface area (Å²) in [6, 6.07) is 1.33. The molecular formula is C7H6BrNO3. The van der Waals surface area contributed by atoms with Crippen molar-refractivity contribution in [3.8, 4) is 0 Å². The third-order valence-electron chi connectivity index (χ3n) is 1.30. The van der Waals surface area contributed by atoms with Crippen molar-refractivity contribution in [3.63, 3.8) is 0 Å². The summed E-state index contributed by atoms with van der Waals surface area (Å²) < 4.78 is 0.285. The second-order valence-electron chi connectivity index (χ2n) is 2.20. The van der Waals surface area contributed by atoms with Crippen LogP contribution in [0.5, 0.6) is 0 Å². The predicted molar refractivity (Wildman–Crippen MR) is 46.1 cm³/mol. The quantitative estimate of drug-likeness (QED) is 0.790. The van der Waals surface area contributed by atoms with Crippen LogP contribution < -0.4 is 5.43 Å². The lowest BCUT2D eigenvalue weighted by molar-refractivity contribution is -0.136. The summed E-state index contributed by atoms with van der Waals surface area (Å²) in [5.74, 6) is -0.974. The third kappa shape index (κ3) is 1.94. The van der Waals surface area contributed by atoms with Crippen LogP contribution in [-0.2, 0) is 11.2 Å². The van der Waals surface area contributed by atoms with Crippen molar-refractivity contribution >= 4 is 21.9 Å². The van der Waals surface area contributed by atoms with Gasteiger partial charge in [-0.15, -0.1) is 0 Å². The molecule has 0 amide bonds. The highest BCUT2D eigenvalue weighted by atomic mass is 79.9. The Bertz CT molecular complexity index is 358. The Morgan fingerprint density at radius 2 is 2.33 bits per heavy atom. The molecule has 0 spiro atoms. The minimum absolute atomic E-state index is 0.184. The molecule has 0 bridgehead atoms. The Balaban J connectivity index is 3.08. The second kappa shape index (κ2) is 3.53. The average Bonchev–Trinajstić information content (AvgIpc) is 1.98. The van der Waals surface area contributed by atoms with E-state index in [2.05, 4.69) is 20.9 Å². The molecule has 0 fully saturated rings. The number of aromatic amines is 1. The normalized spacial score (nSPS) is 9.75. The lowest BCUT2D eigenvalue weighted by Crippen LogP contribution is -2.09. The molecule has 4 nitrogen and oxygen atoms in total. The standard InChI is InChI=1S/C7H6BrNO3/c8-7-4(3-6(11)12)9-2-1-5(7)10/h1-2H,3H2,(H,9,10)(H,11,12). The predicted octanol–water partition coefficient (Wildman–Crippen LogP) is 0.765. The molecule has 0 unspecified atom stereocenters. The van der Waals surface area contributed by atoms with Gasteiger partial charge in [-0.3, -0.25) is 9.59 Å². The average molecular weight is 232 g/mol. The van der Waals surface area contributed by atoms with Crippen LogP contribution in [0.1, 0.15) is 5.69 Å². The molecule has 0 saturated heterocycles. The summed E-state index contributed by atoms with van der Waals surface area (Å²) in [5.41, 5.74) is 0.167. The van der Waals surface area contributed by atoms with E-state index in [-0.39, 0.29) is 16.3 Å². The second-order valence-corrected chi connectivity index (χ2v) is 3.00. The van der Waals surface area contributed by atoms with Gasteiger partial charge in [-0.1, -0.05) is 0 Å². The van der Waals surface area contributed by atoms with Gasteiger partial charge >= 0.3 is 5.97 Å². The van der Waals surface area contributed by atoms with E-state index in [4.69, 9.17) is 5.11 Å². The SMILES string of the molecule is O=C(O)Cc1[nH]ccc(=O)c1Br. The van der Waals surface area contributed by atoms with E-state index in [1.54, 1.807) is 0 Å². The number of carboxylic acids is 1. The van der Waals surface area contributed by atoms with Crippen molar-refractivity contribution in [1.82, 2.24) is 4.98 Å². The molecule has 0 atom stereocenters. The smallest absolute Gasteiger partial charge is 0.309 e. The third-order valence-corrected chi connectivity index (χ3v) is 2.17. The van der Waals surface area contributed by atoms with Crippen molar-refractivity contribution in [2.24, 2.45) is 0 Å². The van der Waals surface area contributed by atoms with Crippen LogP contribution in [0.15, 0.2) is 21.5 Å². The minimum Gasteiger partial charge on any atom is -0.481 e. The number of pyridine rings is 1. The van der Waals surface area contributed by atoms with E-state index >= 15 is 0 Å². The van der Waals surface area contributed by atoms with Crippen LogP contribution in [0.4, 0.5) is 0 Å². The van der Waals surface area contributed by atoms with Crippen molar-refractivity contribution in [3.05, 3.63) is 32.7 Å². The van der Waals surface area contributed by atoms with Crippen molar-refractivity contribution in [2.45, 2.75) is 6.42 Å². The first-order valence-corrected chi connectivity index (χ1v) is 3.98. The first kappa shape index (κ1) is 8.99. The summed E-state index contributed by atoms with van der Waals surface area (Å²) in [4.78, 5) is 23.9. The molecule has 1 heterocycles. The van der Waals surface area contributed by atoms with Gasteiger partial charge in [0.05, 0.1) is 10.9 Å². The number of H-pyrrole nitrogens is 1. The first-order valence-electron chi connectivity index (χ1n) is 3.19. The number of carbonyl (C=O) groups is 1. The van der Waals surface area contributed by atoms with E-state index in [9.17, 15) is 9.59 Å². The maximum Gasteiger partial charge on any atom is 0.309 e. The van der Waals surface area contributed by atoms with Crippen molar-refractivity contribution < 1.29 is 9.90 Å². The monoisotopic (exact) mass is 231 g/mol. The van der Waals surface area contributed by atoms with Crippen LogP contribution in [0.25, 0.3) is 0 Å². The van der Waals surface area contributed by atoms with Gasteiger partial charge in [0.25, 0.3) is 0 Å². The fourth-order valence-electron chi connectivity index (χ4n) is 0.783. The maximum atomic E-state index is 11.0. The number of carboxylic acid groups (broad SMARTS) is 1. The van der Waals surface area contributed by atoms with Gasteiger partial charge in [0.2, 0.25) is 0 Å². The largest absolute Gasteiger partial charge is 0.481 e. The van der Waals surface area contributed by atoms with Crippen LogP contribution in [0.2, 0.25) is 0 Å². The number of hydrogen-bond donors (Lipinski definition) is 2. The summed E-state index contributed by atoms with van der Waals surface area (Å²) >= 11 is 3.00. The fraction of sp³-hybridized carbons (Fsp3) is 0.143. The Hall–Kier alpha value is -1.10. The van der Waals surface area contributed by atoms with Gasteiger partial charge in [-0.05, 0) is 15.9 Å². The van der Waals surface area contributed by atoms with E-state index in [0.29, 0.717) is 5.69 Å². The summed E-state index contributed by atoms with van der Waals surface area (Å²) in [6.07, 6.45) is 1.24. The molecule has 12 heavy (non-hydrogen) atoms. The van der Waals surface area contributed by atoms with Crippen LogP contribution in [-0.4, -0.2) is 16.1 Å². The Kier molecular flexibility index (Phi) is 2.65. The summed E-state index contributed by atoms with van der Waals surface area (Å²) in [7, 11) is 0. The zero-order valence-electron chi connectivity index (χ0n) is 6.00. The van der Waals surface area contributed by atoms with Crippen LogP contribution in [0, 0.1) is 0 Å². The van der Waals surface area contributed by atoms with E-state index in [1.807, 2.05) is 0 Å². The Labute approximate surface area is 76.4 Å². The molecule has 0 aliphatic heterocycles. The maximum absolute atomic E-state index is 11.0. The molecule has 2 N–H and O–H groups in total. The number of aromatic nitrogens is 1. The molecule has 0 aliphatic rings. The van der Waals surface area contributed by atoms with Crippen LogP contribution >= 0.6 is 15.9 Å². The van der Waals surface area contributed by atoms with Gasteiger partial charge in [-0.25, -0.2) is 0 Å². The number of halogens is 1. The van der Waals surface area contributed by atoms with E-state index < -0.39 is 5.97 Å². The zero-order chi connectivity index (χ0) is 9.14. The fourth-order valence-corrected chi connectivity index (χ4v) is 1.17. The number of hydrogen-bond acceptors (Lipinski definition) is 2. The number of aliphatic carboxylic acids is 1. The number of nitrogens with one attached hydrogen (secondary N) is 1. The zero-order valence-corrected chi connectivity index (χ0v) is 7.59. The molecule has 0 saturated carbocycles. The molecule has 64 valence electrons. The number of rotatable bonds is 2. The molecular weight excluding hydrogens is 226 g/mol. The lowest BCUT2D eigenvalue weighted by Gasteiger charge is -1.98. The van der Waals surface area contributed by atoms with Crippen molar-refractivity contribution in [2.75, 3.05) is 0 Å². The summed E-state index contributed by atoms with van der Waals surface area (Å²) in [6.45, 7) is 0. The highest BCUT2D eigenvalue weighted by Crippen LogP contribution is 2.08. The Morgan fingerprint density at radius 1 is 1.67 bits per heavy atom. The van der Waals surface area contributed by atoms with Gasteiger partial charge in [0.1, 0.15) is 0 Å². The molecule has 0 radical (unpaired) electrons. The molecule has 0 aliphatic carbocycles. The molecule has 1 aromatic rings. The van der Waals surface area contributed by atoms with E-state index in [0.717, 1.165) is 0 Å². The van der Waals surface area contributed by atoms with Gasteiger partial charge in [-0.2, -0.15) is 0 Å². The molecule has 1 rings (SSSR count). The molecule has 0 aromatic carbocycles. The van der Waals surface area contributed by atoms with E-state index in [1.165, 1.54) is 12.3 Å². The van der Waals surface area contributed by atoms with Gasteiger partial charge < -0.3 is 10.1 Å². The van der Waals surface area contributed by atoms with Gasteiger partial charge in [0.15, 0.2) is 5.43 Å². The highest BCUT2D eigenvalue weighted by molar-refractivity contribution is 9.10. The van der Waals surface area contributed by atoms with Crippen molar-refractivity contribution in [1.29, 1.82) is 0 Å². The molecule has 1 aromatic heterocycles. The topological polar surface area (TPSA) is 70.2 Å². The first-order chi connectivity index (χ1) is 5.61. The van der Waals surface area contributed by atoms with Gasteiger partial charge in [0, 0.05) is 18.0 Å². The Morgan fingerprint density at radius 3 is 2.92 bits per heavy atom. The highest BCUT2D eigenvalue weighted by Gasteiger charge is 2.06. The lowest BCUT2D eigenvalue weighted by atomic mass is 10.3. The van der Waals surface area contributed by atoms with Crippen LogP contribution in [0.3, 0.4) is 0 Å². The minimum atomic E-state index is -0.974.